The van der Waals surface area contributed by atoms with E-state index in [1.807, 2.05) is 49.4 Å². The molecule has 0 aliphatic heterocycles. The Kier molecular flexibility index (Phi) is 2.95. The maximum atomic E-state index is 12.7. The molecule has 0 fully saturated rings. The molecule has 1 heterocycles. The van der Waals surface area contributed by atoms with Gasteiger partial charge in [-0.05, 0) is 36.1 Å². The van der Waals surface area contributed by atoms with Crippen molar-refractivity contribution in [1.29, 1.82) is 0 Å². The van der Waals surface area contributed by atoms with Gasteiger partial charge in [0.05, 0.1) is 11.4 Å². The summed E-state index contributed by atoms with van der Waals surface area (Å²) in [7, 11) is 0. The lowest BCUT2D eigenvalue weighted by atomic mass is 10.1. The van der Waals surface area contributed by atoms with E-state index in [0.717, 1.165) is 22.9 Å². The molecule has 0 amide bonds. The summed E-state index contributed by atoms with van der Waals surface area (Å²) in [6.45, 7) is 1.92. The maximum Gasteiger partial charge on any atom is 0.263 e. The normalized spacial score (nSPS) is 10.7. The smallest absolute Gasteiger partial charge is 0.263 e. The molecule has 2 aromatic carbocycles. The minimum absolute atomic E-state index is 0.167. The number of aryl methyl sites for hydroxylation is 1. The molecule has 0 N–H and O–H groups in total. The number of hydrogen-bond donors (Lipinski definition) is 0. The molecular weight excluding hydrogens is 250 g/mol. The summed E-state index contributed by atoms with van der Waals surface area (Å²) in [5.41, 5.74) is 1.89. The fourth-order valence-electron chi connectivity index (χ4n) is 2.43. The fraction of sp³-hybridized carbons (Fsp3) is 0.0588. The number of carbonyl (C=O) groups excluding carboxylic acids is 1. The first-order chi connectivity index (χ1) is 9.72. The molecular formula is C17H13NO2. The van der Waals surface area contributed by atoms with Crippen LogP contribution in [-0.2, 0) is 0 Å². The van der Waals surface area contributed by atoms with Crippen molar-refractivity contribution in [2.24, 2.45) is 0 Å². The molecule has 0 saturated heterocycles. The highest BCUT2D eigenvalue weighted by Crippen LogP contribution is 2.17. The Morgan fingerprint density at radius 3 is 2.45 bits per heavy atom. The Bertz CT molecular complexity index is 862. The van der Waals surface area contributed by atoms with Gasteiger partial charge in [-0.2, -0.15) is 0 Å². The molecule has 0 saturated carbocycles. The van der Waals surface area contributed by atoms with E-state index in [0.29, 0.717) is 11.1 Å². The van der Waals surface area contributed by atoms with Crippen LogP contribution in [0.5, 0.6) is 0 Å². The molecule has 0 bridgehead atoms. The van der Waals surface area contributed by atoms with Gasteiger partial charge in [-0.1, -0.05) is 36.4 Å². The Morgan fingerprint density at radius 1 is 1.00 bits per heavy atom. The first-order valence-electron chi connectivity index (χ1n) is 6.38. The van der Waals surface area contributed by atoms with Gasteiger partial charge in [-0.15, -0.1) is 0 Å². The summed E-state index contributed by atoms with van der Waals surface area (Å²) >= 11 is 0. The largest absolute Gasteiger partial charge is 0.296 e. The van der Waals surface area contributed by atoms with Gasteiger partial charge >= 0.3 is 0 Å². The van der Waals surface area contributed by atoms with Crippen LogP contribution in [-0.4, -0.2) is 10.9 Å². The number of fused-ring (bicyclic) bond motifs is 1. The van der Waals surface area contributed by atoms with Crippen LogP contribution in [0.3, 0.4) is 0 Å². The van der Waals surface area contributed by atoms with E-state index in [4.69, 9.17) is 0 Å². The summed E-state index contributed by atoms with van der Waals surface area (Å²) in [4.78, 5) is 24.0. The topological polar surface area (TPSA) is 39.1 Å². The van der Waals surface area contributed by atoms with E-state index in [-0.39, 0.29) is 5.56 Å². The summed E-state index contributed by atoms with van der Waals surface area (Å²) in [5.74, 6) is 0. The molecule has 3 nitrogen and oxygen atoms in total. The van der Waals surface area contributed by atoms with Crippen molar-refractivity contribution in [2.75, 3.05) is 0 Å². The van der Waals surface area contributed by atoms with Crippen LogP contribution in [0.15, 0.2) is 59.4 Å². The van der Waals surface area contributed by atoms with Gasteiger partial charge in [0.25, 0.3) is 5.56 Å². The number of hydrogen-bond acceptors (Lipinski definition) is 2. The van der Waals surface area contributed by atoms with Crippen LogP contribution in [0.4, 0.5) is 0 Å². The quantitative estimate of drug-likeness (QED) is 0.666. The monoisotopic (exact) mass is 263 g/mol. The lowest BCUT2D eigenvalue weighted by molar-refractivity contribution is 0.111. The number of benzene rings is 2. The zero-order chi connectivity index (χ0) is 14.1. The van der Waals surface area contributed by atoms with E-state index >= 15 is 0 Å². The third kappa shape index (κ3) is 1.84. The molecule has 0 aliphatic carbocycles. The predicted molar refractivity (Wildman–Crippen MR) is 79.7 cm³/mol. The Balaban J connectivity index is 2.47. The van der Waals surface area contributed by atoms with Gasteiger partial charge in [0.15, 0.2) is 6.29 Å². The van der Waals surface area contributed by atoms with Gasteiger partial charge in [0.1, 0.15) is 0 Å². The lowest BCUT2D eigenvalue weighted by Gasteiger charge is -2.13. The highest BCUT2D eigenvalue weighted by molar-refractivity contribution is 5.87. The van der Waals surface area contributed by atoms with Crippen LogP contribution in [0.1, 0.15) is 16.1 Å². The van der Waals surface area contributed by atoms with Gasteiger partial charge in [0.2, 0.25) is 0 Å². The fourth-order valence-corrected chi connectivity index (χ4v) is 2.43. The number of para-hydroxylation sites is 1. The average Bonchev–Trinajstić information content (AvgIpc) is 2.48. The van der Waals surface area contributed by atoms with Gasteiger partial charge in [0, 0.05) is 5.39 Å². The first kappa shape index (κ1) is 12.4. The molecule has 3 aromatic rings. The number of rotatable bonds is 2. The first-order valence-corrected chi connectivity index (χ1v) is 6.38. The standard InChI is InChI=1S/C17H13NO2/c1-12-6-2-5-9-16(12)18-14(11-19)10-13-7-3-4-8-15(13)17(18)20/h2-11H,1H3. The van der Waals surface area contributed by atoms with Crippen molar-refractivity contribution >= 4 is 17.1 Å². The number of aldehydes is 1. The van der Waals surface area contributed by atoms with Crippen molar-refractivity contribution in [2.45, 2.75) is 6.92 Å². The van der Waals surface area contributed by atoms with E-state index in [2.05, 4.69) is 0 Å². The van der Waals surface area contributed by atoms with E-state index in [1.54, 1.807) is 12.1 Å². The Morgan fingerprint density at radius 2 is 1.70 bits per heavy atom. The highest BCUT2D eigenvalue weighted by Gasteiger charge is 2.11. The second kappa shape index (κ2) is 4.78. The molecule has 3 rings (SSSR count). The zero-order valence-electron chi connectivity index (χ0n) is 11.0. The number of aromatic nitrogens is 1. The molecule has 0 atom stereocenters. The average molecular weight is 263 g/mol. The van der Waals surface area contributed by atoms with Gasteiger partial charge < -0.3 is 0 Å². The number of carbonyl (C=O) groups is 1. The lowest BCUT2D eigenvalue weighted by Crippen LogP contribution is -2.22. The summed E-state index contributed by atoms with van der Waals surface area (Å²) in [6.07, 6.45) is 0.722. The van der Waals surface area contributed by atoms with E-state index < -0.39 is 0 Å². The van der Waals surface area contributed by atoms with Crippen molar-refractivity contribution < 1.29 is 4.79 Å². The van der Waals surface area contributed by atoms with Gasteiger partial charge in [-0.3, -0.25) is 14.2 Å². The molecule has 0 aliphatic rings. The summed E-state index contributed by atoms with van der Waals surface area (Å²) in [6, 6.07) is 16.6. The van der Waals surface area contributed by atoms with Crippen LogP contribution in [0.25, 0.3) is 16.5 Å². The molecule has 0 unspecified atom stereocenters. The Labute approximate surface area is 116 Å². The minimum Gasteiger partial charge on any atom is -0.296 e. The maximum absolute atomic E-state index is 12.7. The second-order valence-corrected chi connectivity index (χ2v) is 4.70. The van der Waals surface area contributed by atoms with Crippen molar-refractivity contribution in [3.8, 4) is 5.69 Å². The van der Waals surface area contributed by atoms with Crippen LogP contribution >= 0.6 is 0 Å². The summed E-state index contributed by atoms with van der Waals surface area (Å²) < 4.78 is 1.48. The minimum atomic E-state index is -0.167. The third-order valence-electron chi connectivity index (χ3n) is 3.43. The second-order valence-electron chi connectivity index (χ2n) is 4.70. The van der Waals surface area contributed by atoms with Crippen LogP contribution in [0.2, 0.25) is 0 Å². The predicted octanol–water partition coefficient (Wildman–Crippen LogP) is 3.11. The van der Waals surface area contributed by atoms with Crippen LogP contribution in [0, 0.1) is 6.92 Å². The zero-order valence-corrected chi connectivity index (χ0v) is 11.0. The SMILES string of the molecule is Cc1ccccc1-n1c(C=O)cc2ccccc2c1=O. The van der Waals surface area contributed by atoms with Gasteiger partial charge in [-0.25, -0.2) is 0 Å². The van der Waals surface area contributed by atoms with E-state index in [9.17, 15) is 9.59 Å². The molecule has 20 heavy (non-hydrogen) atoms. The summed E-state index contributed by atoms with van der Waals surface area (Å²) in [5, 5.41) is 1.39. The van der Waals surface area contributed by atoms with Crippen molar-refractivity contribution in [3.63, 3.8) is 0 Å². The van der Waals surface area contributed by atoms with Crippen LogP contribution < -0.4 is 5.56 Å². The number of pyridine rings is 1. The third-order valence-corrected chi connectivity index (χ3v) is 3.43. The molecule has 1 aromatic heterocycles. The van der Waals surface area contributed by atoms with Crippen molar-refractivity contribution in [1.82, 2.24) is 4.57 Å². The van der Waals surface area contributed by atoms with E-state index in [1.165, 1.54) is 4.57 Å². The Hall–Kier alpha value is -2.68. The molecule has 98 valence electrons. The van der Waals surface area contributed by atoms with Crippen molar-refractivity contribution in [3.05, 3.63) is 76.2 Å². The molecule has 0 radical (unpaired) electrons. The highest BCUT2D eigenvalue weighted by atomic mass is 16.1. The molecule has 3 heteroatoms. The number of nitrogens with zero attached hydrogens (tertiary/aromatic N) is 1. The molecule has 0 spiro atoms.